The lowest BCUT2D eigenvalue weighted by molar-refractivity contribution is -0.147. The van der Waals surface area contributed by atoms with Gasteiger partial charge in [-0.25, -0.2) is 4.39 Å². The average molecular weight is 311 g/mol. The predicted octanol–water partition coefficient (Wildman–Crippen LogP) is 2.60. The van der Waals surface area contributed by atoms with Crippen molar-refractivity contribution < 1.29 is 14.0 Å². The SMILES string of the molecule is CC1C(=O)N2CCCCC2C(=O)N1c1cc(F)cc(Cl)c1. The first kappa shape index (κ1) is 14.3. The number of hydrogen-bond acceptors (Lipinski definition) is 2. The van der Waals surface area contributed by atoms with Crippen molar-refractivity contribution in [3.63, 3.8) is 0 Å². The van der Waals surface area contributed by atoms with E-state index >= 15 is 0 Å². The third kappa shape index (κ3) is 2.39. The van der Waals surface area contributed by atoms with Gasteiger partial charge in [0, 0.05) is 17.3 Å². The van der Waals surface area contributed by atoms with E-state index in [2.05, 4.69) is 0 Å². The summed E-state index contributed by atoms with van der Waals surface area (Å²) in [4.78, 5) is 28.2. The molecule has 0 bridgehead atoms. The van der Waals surface area contributed by atoms with Crippen molar-refractivity contribution in [2.75, 3.05) is 11.4 Å². The quantitative estimate of drug-likeness (QED) is 0.800. The Labute approximate surface area is 127 Å². The minimum atomic E-state index is -0.635. The second-order valence-corrected chi connectivity index (χ2v) is 5.99. The van der Waals surface area contributed by atoms with Crippen molar-refractivity contribution in [2.45, 2.75) is 38.3 Å². The van der Waals surface area contributed by atoms with Gasteiger partial charge in [-0.3, -0.25) is 14.5 Å². The molecule has 2 unspecified atom stereocenters. The number of benzene rings is 1. The third-order valence-corrected chi connectivity index (χ3v) is 4.40. The van der Waals surface area contributed by atoms with E-state index in [0.29, 0.717) is 18.7 Å². The maximum absolute atomic E-state index is 13.5. The van der Waals surface area contributed by atoms with Crippen molar-refractivity contribution in [3.05, 3.63) is 29.0 Å². The van der Waals surface area contributed by atoms with Gasteiger partial charge in [0.2, 0.25) is 5.91 Å². The number of halogens is 2. The second-order valence-electron chi connectivity index (χ2n) is 5.56. The van der Waals surface area contributed by atoms with Crippen molar-refractivity contribution in [2.24, 2.45) is 0 Å². The van der Waals surface area contributed by atoms with Crippen LogP contribution in [-0.2, 0) is 9.59 Å². The first-order valence-electron chi connectivity index (χ1n) is 7.08. The normalized spacial score (nSPS) is 26.0. The van der Waals surface area contributed by atoms with Gasteiger partial charge >= 0.3 is 0 Å². The highest BCUT2D eigenvalue weighted by Gasteiger charge is 2.45. The van der Waals surface area contributed by atoms with Crippen molar-refractivity contribution in [3.8, 4) is 0 Å². The molecule has 6 heteroatoms. The molecule has 1 aromatic carbocycles. The maximum atomic E-state index is 13.5. The summed E-state index contributed by atoms with van der Waals surface area (Å²) in [6, 6.07) is 2.88. The molecule has 2 amide bonds. The highest BCUT2D eigenvalue weighted by Crippen LogP contribution is 2.31. The van der Waals surface area contributed by atoms with Crippen LogP contribution in [-0.4, -0.2) is 35.3 Å². The molecule has 1 aromatic rings. The molecule has 2 aliphatic rings. The van der Waals surface area contributed by atoms with Crippen LogP contribution in [0.15, 0.2) is 18.2 Å². The summed E-state index contributed by atoms with van der Waals surface area (Å²) < 4.78 is 13.5. The molecule has 0 spiro atoms. The van der Waals surface area contributed by atoms with Gasteiger partial charge in [0.1, 0.15) is 17.9 Å². The Hall–Kier alpha value is -1.62. The lowest BCUT2D eigenvalue weighted by Crippen LogP contribution is -2.65. The van der Waals surface area contributed by atoms with Gasteiger partial charge in [0.05, 0.1) is 0 Å². The van der Waals surface area contributed by atoms with Gasteiger partial charge in [-0.2, -0.15) is 0 Å². The van der Waals surface area contributed by atoms with E-state index < -0.39 is 17.9 Å². The fourth-order valence-electron chi connectivity index (χ4n) is 3.18. The van der Waals surface area contributed by atoms with Crippen LogP contribution in [0.25, 0.3) is 0 Å². The van der Waals surface area contributed by atoms with Crippen LogP contribution in [0.2, 0.25) is 5.02 Å². The van der Waals surface area contributed by atoms with Crippen molar-refractivity contribution >= 4 is 29.1 Å². The molecule has 21 heavy (non-hydrogen) atoms. The summed E-state index contributed by atoms with van der Waals surface area (Å²) in [5.74, 6) is -0.751. The minimum absolute atomic E-state index is 0.0836. The number of fused-ring (bicyclic) bond motifs is 1. The zero-order valence-electron chi connectivity index (χ0n) is 11.7. The van der Waals surface area contributed by atoms with Crippen LogP contribution in [0, 0.1) is 5.82 Å². The summed E-state index contributed by atoms with van der Waals surface area (Å²) in [6.45, 7) is 2.29. The molecule has 0 N–H and O–H groups in total. The Morgan fingerprint density at radius 3 is 2.67 bits per heavy atom. The number of piperazine rings is 1. The Bertz CT molecular complexity index is 587. The van der Waals surface area contributed by atoms with E-state index in [1.54, 1.807) is 11.8 Å². The first-order valence-corrected chi connectivity index (χ1v) is 7.46. The van der Waals surface area contributed by atoms with Crippen molar-refractivity contribution in [1.82, 2.24) is 4.90 Å². The van der Waals surface area contributed by atoms with Gasteiger partial charge < -0.3 is 4.90 Å². The summed E-state index contributed by atoms with van der Waals surface area (Å²) in [5, 5.41) is 0.212. The number of carbonyl (C=O) groups excluding carboxylic acids is 2. The van der Waals surface area contributed by atoms with E-state index in [9.17, 15) is 14.0 Å². The van der Waals surface area contributed by atoms with Crippen LogP contribution >= 0.6 is 11.6 Å². The van der Waals surface area contributed by atoms with E-state index in [0.717, 1.165) is 12.8 Å². The Kier molecular flexibility index (Phi) is 3.61. The van der Waals surface area contributed by atoms with E-state index in [4.69, 9.17) is 11.6 Å². The Morgan fingerprint density at radius 2 is 1.95 bits per heavy atom. The molecule has 3 rings (SSSR count). The topological polar surface area (TPSA) is 40.6 Å². The largest absolute Gasteiger partial charge is 0.329 e. The highest BCUT2D eigenvalue weighted by molar-refractivity contribution is 6.31. The fourth-order valence-corrected chi connectivity index (χ4v) is 3.40. The number of nitrogens with zero attached hydrogens (tertiary/aromatic N) is 2. The lowest BCUT2D eigenvalue weighted by atomic mass is 9.95. The number of amides is 2. The van der Waals surface area contributed by atoms with Gasteiger partial charge in [-0.1, -0.05) is 11.6 Å². The van der Waals surface area contributed by atoms with E-state index in [1.165, 1.54) is 23.1 Å². The molecule has 0 radical (unpaired) electrons. The molecule has 2 saturated heterocycles. The summed E-state index contributed by atoms with van der Waals surface area (Å²) in [6.07, 6.45) is 2.51. The molecule has 4 nitrogen and oxygen atoms in total. The lowest BCUT2D eigenvalue weighted by Gasteiger charge is -2.46. The van der Waals surface area contributed by atoms with Crippen LogP contribution in [0.4, 0.5) is 10.1 Å². The number of rotatable bonds is 1. The Morgan fingerprint density at radius 1 is 1.19 bits per heavy atom. The van der Waals surface area contributed by atoms with Crippen LogP contribution < -0.4 is 4.90 Å². The summed E-state index contributed by atoms with van der Waals surface area (Å²) in [5.41, 5.74) is 0.344. The third-order valence-electron chi connectivity index (χ3n) is 4.18. The number of anilines is 1. The van der Waals surface area contributed by atoms with E-state index in [1.807, 2.05) is 0 Å². The molecule has 0 aromatic heterocycles. The molecule has 112 valence electrons. The molecule has 2 atom stereocenters. The standard InChI is InChI=1S/C15H16ClFN2O2/c1-9-14(20)18-5-3-2-4-13(18)15(21)19(9)12-7-10(16)6-11(17)8-12/h6-9,13H,2-5H2,1H3. The summed E-state index contributed by atoms with van der Waals surface area (Å²) in [7, 11) is 0. The first-order chi connectivity index (χ1) is 9.99. The van der Waals surface area contributed by atoms with Gasteiger partial charge in [-0.05, 0) is 44.4 Å². The smallest absolute Gasteiger partial charge is 0.250 e. The number of piperidine rings is 1. The van der Waals surface area contributed by atoms with Gasteiger partial charge in [0.15, 0.2) is 0 Å². The van der Waals surface area contributed by atoms with Crippen LogP contribution in [0.3, 0.4) is 0 Å². The molecular formula is C15H16ClFN2O2. The highest BCUT2D eigenvalue weighted by atomic mass is 35.5. The zero-order chi connectivity index (χ0) is 15.1. The monoisotopic (exact) mass is 310 g/mol. The molecule has 0 saturated carbocycles. The molecule has 2 fully saturated rings. The maximum Gasteiger partial charge on any atom is 0.250 e. The second kappa shape index (κ2) is 5.30. The van der Waals surface area contributed by atoms with Crippen LogP contribution in [0.5, 0.6) is 0 Å². The van der Waals surface area contributed by atoms with Crippen LogP contribution in [0.1, 0.15) is 26.2 Å². The fraction of sp³-hybridized carbons (Fsp3) is 0.467. The molecule has 2 aliphatic heterocycles. The molecule has 0 aliphatic carbocycles. The Balaban J connectivity index is 2.01. The minimum Gasteiger partial charge on any atom is -0.329 e. The zero-order valence-corrected chi connectivity index (χ0v) is 12.4. The molecule has 2 heterocycles. The van der Waals surface area contributed by atoms with Crippen molar-refractivity contribution in [1.29, 1.82) is 0 Å². The van der Waals surface area contributed by atoms with Gasteiger partial charge in [0.25, 0.3) is 5.91 Å². The van der Waals surface area contributed by atoms with E-state index in [-0.39, 0.29) is 16.8 Å². The average Bonchev–Trinajstić information content (AvgIpc) is 2.44. The number of hydrogen-bond donors (Lipinski definition) is 0. The summed E-state index contributed by atoms with van der Waals surface area (Å²) >= 11 is 5.87. The molecular weight excluding hydrogens is 295 g/mol. The van der Waals surface area contributed by atoms with Gasteiger partial charge in [-0.15, -0.1) is 0 Å². The predicted molar refractivity (Wildman–Crippen MR) is 77.7 cm³/mol. The number of carbonyl (C=O) groups is 2.